The van der Waals surface area contributed by atoms with Gasteiger partial charge in [-0.2, -0.15) is 0 Å². The molecule has 134 valence electrons. The quantitative estimate of drug-likeness (QED) is 0.256. The molecule has 0 saturated carbocycles. The molecular formula is C20H18O5Se. The van der Waals surface area contributed by atoms with E-state index in [0.717, 1.165) is 15.2 Å². The monoisotopic (exact) mass is 418 g/mol. The number of benzene rings is 2. The van der Waals surface area contributed by atoms with E-state index in [1.807, 2.05) is 48.5 Å². The van der Waals surface area contributed by atoms with Crippen molar-refractivity contribution in [2.45, 2.75) is 13.0 Å². The molecule has 0 aliphatic carbocycles. The molecule has 0 unspecified atom stereocenters. The first-order chi connectivity index (χ1) is 12.6. The van der Waals surface area contributed by atoms with E-state index < -0.39 is 5.97 Å². The van der Waals surface area contributed by atoms with Gasteiger partial charge in [-0.15, -0.1) is 0 Å². The molecule has 6 heteroatoms. The average Bonchev–Trinajstić information content (AvgIpc) is 3.09. The van der Waals surface area contributed by atoms with Crippen molar-refractivity contribution in [3.05, 3.63) is 58.5 Å². The number of Topliss-reactive ketones (excluding diaryl/α,β-unsaturated/α-hetero) is 1. The van der Waals surface area contributed by atoms with E-state index in [2.05, 4.69) is 4.74 Å². The Labute approximate surface area is 157 Å². The maximum absolute atomic E-state index is 12.2. The van der Waals surface area contributed by atoms with E-state index in [4.69, 9.17) is 9.47 Å². The van der Waals surface area contributed by atoms with Crippen LogP contribution in [0.3, 0.4) is 0 Å². The fourth-order valence-electron chi connectivity index (χ4n) is 2.48. The summed E-state index contributed by atoms with van der Waals surface area (Å²) in [6, 6.07) is 15.5. The molecule has 0 bridgehead atoms. The number of hydrogen-bond acceptors (Lipinski definition) is 5. The van der Waals surface area contributed by atoms with Crippen LogP contribution in [0.4, 0.5) is 0 Å². The van der Waals surface area contributed by atoms with Crippen LogP contribution in [0.15, 0.2) is 48.5 Å². The Balaban J connectivity index is 1.85. The Kier molecular flexibility index (Phi) is 5.76. The second-order valence-electron chi connectivity index (χ2n) is 5.60. The van der Waals surface area contributed by atoms with Crippen molar-refractivity contribution in [1.82, 2.24) is 0 Å². The van der Waals surface area contributed by atoms with Gasteiger partial charge in [0.2, 0.25) is 0 Å². The Hall–Kier alpha value is -2.56. The molecule has 0 aliphatic rings. The van der Waals surface area contributed by atoms with Gasteiger partial charge >= 0.3 is 157 Å². The first kappa shape index (κ1) is 18.2. The predicted molar refractivity (Wildman–Crippen MR) is 99.2 cm³/mol. The topological polar surface area (TPSA) is 61.8 Å². The summed E-state index contributed by atoms with van der Waals surface area (Å²) in [6.45, 7) is 0.430. The van der Waals surface area contributed by atoms with E-state index >= 15 is 0 Å². The summed E-state index contributed by atoms with van der Waals surface area (Å²) in [5.74, 6) is 0.548. The molecule has 0 saturated heterocycles. The number of carbonyl (C=O) groups excluding carboxylic acids is 2. The number of esters is 1. The molecule has 0 N–H and O–H groups in total. The van der Waals surface area contributed by atoms with Crippen LogP contribution < -0.4 is 9.47 Å². The molecule has 0 atom stereocenters. The van der Waals surface area contributed by atoms with Crippen molar-refractivity contribution >= 4 is 35.9 Å². The Bertz CT molecular complexity index is 930. The van der Waals surface area contributed by atoms with E-state index in [1.165, 1.54) is 7.11 Å². The molecule has 0 fully saturated rings. The van der Waals surface area contributed by atoms with Crippen molar-refractivity contribution < 1.29 is 23.8 Å². The third-order valence-corrected chi connectivity index (χ3v) is 6.24. The van der Waals surface area contributed by atoms with Gasteiger partial charge in [0.15, 0.2) is 0 Å². The Morgan fingerprint density at radius 3 is 2.46 bits per heavy atom. The summed E-state index contributed by atoms with van der Waals surface area (Å²) in [6.07, 6.45) is -0.230. The number of rotatable bonds is 7. The van der Waals surface area contributed by atoms with Crippen LogP contribution >= 0.6 is 0 Å². The van der Waals surface area contributed by atoms with Gasteiger partial charge in [0, 0.05) is 0 Å². The normalized spacial score (nSPS) is 10.5. The third kappa shape index (κ3) is 4.15. The van der Waals surface area contributed by atoms with Crippen LogP contribution in [-0.2, 0) is 16.1 Å². The van der Waals surface area contributed by atoms with E-state index in [-0.39, 0.29) is 26.7 Å². The average molecular weight is 417 g/mol. The third-order valence-electron chi connectivity index (χ3n) is 3.85. The SMILES string of the molecule is COC(=O)CC(=O)c1cc2cc(OCc3ccccc3)c(OC)cc2[se]1. The van der Waals surface area contributed by atoms with Gasteiger partial charge < -0.3 is 0 Å². The molecule has 5 nitrogen and oxygen atoms in total. The number of hydrogen-bond donors (Lipinski definition) is 0. The van der Waals surface area contributed by atoms with Crippen molar-refractivity contribution in [2.24, 2.45) is 0 Å². The fourth-order valence-corrected chi connectivity index (χ4v) is 4.60. The zero-order valence-corrected chi connectivity index (χ0v) is 16.2. The van der Waals surface area contributed by atoms with E-state index in [1.54, 1.807) is 7.11 Å². The number of fused-ring (bicyclic) bond motifs is 1. The predicted octanol–water partition coefficient (Wildman–Crippen LogP) is 3.23. The summed E-state index contributed by atoms with van der Waals surface area (Å²) in [7, 11) is 2.87. The molecule has 0 spiro atoms. The van der Waals surface area contributed by atoms with E-state index in [9.17, 15) is 9.59 Å². The van der Waals surface area contributed by atoms with Crippen molar-refractivity contribution in [3.8, 4) is 11.5 Å². The van der Waals surface area contributed by atoms with Crippen molar-refractivity contribution in [3.63, 3.8) is 0 Å². The van der Waals surface area contributed by atoms with Gasteiger partial charge in [-0.3, -0.25) is 0 Å². The van der Waals surface area contributed by atoms with Crippen LogP contribution in [0.1, 0.15) is 21.2 Å². The number of ketones is 1. The van der Waals surface area contributed by atoms with Crippen molar-refractivity contribution in [1.29, 1.82) is 0 Å². The standard InChI is InChI=1S/C20H18O5Se/c1-23-16-11-18-14(9-19(26-18)15(21)10-20(22)24-2)8-17(16)25-12-13-6-4-3-5-7-13/h3-9,11H,10,12H2,1-2H3. The van der Waals surface area contributed by atoms with Crippen LogP contribution in [-0.4, -0.2) is 40.5 Å². The molecule has 0 radical (unpaired) electrons. The molecule has 0 amide bonds. The Morgan fingerprint density at radius 1 is 1.00 bits per heavy atom. The molecule has 3 rings (SSSR count). The van der Waals surface area contributed by atoms with Crippen LogP contribution in [0, 0.1) is 0 Å². The molecule has 2 aromatic carbocycles. The van der Waals surface area contributed by atoms with Crippen LogP contribution in [0.5, 0.6) is 11.5 Å². The minimum absolute atomic E-state index is 0.161. The molecule has 26 heavy (non-hydrogen) atoms. The van der Waals surface area contributed by atoms with Gasteiger partial charge in [-0.05, 0) is 0 Å². The summed E-state index contributed by atoms with van der Waals surface area (Å²) in [5, 5.41) is 0.932. The second kappa shape index (κ2) is 8.21. The fraction of sp³-hybridized carbons (Fsp3) is 0.200. The number of ether oxygens (including phenoxy) is 3. The molecule has 3 aromatic rings. The molecule has 1 heterocycles. The van der Waals surface area contributed by atoms with Crippen LogP contribution in [0.2, 0.25) is 0 Å². The minimum atomic E-state index is -0.521. The summed E-state index contributed by atoms with van der Waals surface area (Å²) < 4.78 is 17.6. The zero-order chi connectivity index (χ0) is 18.5. The van der Waals surface area contributed by atoms with E-state index in [0.29, 0.717) is 22.5 Å². The van der Waals surface area contributed by atoms with Gasteiger partial charge in [0.05, 0.1) is 0 Å². The first-order valence-corrected chi connectivity index (χ1v) is 9.70. The number of methoxy groups -OCH3 is 2. The van der Waals surface area contributed by atoms with Crippen molar-refractivity contribution in [2.75, 3.05) is 14.2 Å². The van der Waals surface area contributed by atoms with Gasteiger partial charge in [-0.25, -0.2) is 0 Å². The molecule has 1 aromatic heterocycles. The molecule has 0 aliphatic heterocycles. The first-order valence-electron chi connectivity index (χ1n) is 7.99. The van der Waals surface area contributed by atoms with Crippen LogP contribution in [0.25, 0.3) is 9.65 Å². The van der Waals surface area contributed by atoms with Gasteiger partial charge in [0.1, 0.15) is 0 Å². The summed E-state index contributed by atoms with van der Waals surface area (Å²) >= 11 is -0.161. The molecular weight excluding hydrogens is 399 g/mol. The number of carbonyl (C=O) groups is 2. The van der Waals surface area contributed by atoms with Gasteiger partial charge in [0.25, 0.3) is 0 Å². The summed E-state index contributed by atoms with van der Waals surface area (Å²) in [4.78, 5) is 23.5. The van der Waals surface area contributed by atoms with Gasteiger partial charge in [-0.1, -0.05) is 0 Å². The zero-order valence-electron chi connectivity index (χ0n) is 14.5. The Morgan fingerprint density at radius 2 is 1.77 bits per heavy atom. The summed E-state index contributed by atoms with van der Waals surface area (Å²) in [5.41, 5.74) is 1.06. The maximum atomic E-state index is 12.2. The second-order valence-corrected chi connectivity index (χ2v) is 7.88.